The lowest BCUT2D eigenvalue weighted by molar-refractivity contribution is 0.264. The van der Waals surface area contributed by atoms with E-state index in [4.69, 9.17) is 0 Å². The predicted molar refractivity (Wildman–Crippen MR) is 64.1 cm³/mol. The van der Waals surface area contributed by atoms with Gasteiger partial charge in [0.15, 0.2) is 5.96 Å². The minimum Gasteiger partial charge on any atom is -0.354 e. The van der Waals surface area contributed by atoms with Gasteiger partial charge in [0.1, 0.15) is 0 Å². The Morgan fingerprint density at radius 3 is 2.33 bits per heavy atom. The van der Waals surface area contributed by atoms with Gasteiger partial charge in [0.05, 0.1) is 0 Å². The Bertz CT molecular complexity index is 225. The molecular weight excluding hydrogens is 186 g/mol. The van der Waals surface area contributed by atoms with Crippen molar-refractivity contribution in [1.29, 1.82) is 0 Å². The van der Waals surface area contributed by atoms with E-state index in [1.165, 1.54) is 45.2 Å². The first kappa shape index (κ1) is 10.8. The van der Waals surface area contributed by atoms with Crippen LogP contribution in [0, 0.1) is 5.92 Å². The second-order valence-electron chi connectivity index (χ2n) is 4.99. The molecule has 86 valence electrons. The van der Waals surface area contributed by atoms with Gasteiger partial charge >= 0.3 is 0 Å². The van der Waals surface area contributed by atoms with E-state index < -0.39 is 0 Å². The molecule has 0 aromatic rings. The Morgan fingerprint density at radius 1 is 1.20 bits per heavy atom. The van der Waals surface area contributed by atoms with Gasteiger partial charge in [-0.15, -0.1) is 0 Å². The van der Waals surface area contributed by atoms with E-state index in [2.05, 4.69) is 22.1 Å². The molecule has 1 aliphatic carbocycles. The van der Waals surface area contributed by atoms with Gasteiger partial charge in [-0.25, -0.2) is 0 Å². The molecule has 3 nitrogen and oxygen atoms in total. The average molecular weight is 209 g/mol. The normalized spacial score (nSPS) is 25.2. The van der Waals surface area contributed by atoms with Crippen LogP contribution in [-0.2, 0) is 0 Å². The van der Waals surface area contributed by atoms with Crippen molar-refractivity contribution in [2.75, 3.05) is 20.1 Å². The van der Waals surface area contributed by atoms with Crippen LogP contribution in [0.5, 0.6) is 0 Å². The molecule has 3 heteroatoms. The summed E-state index contributed by atoms with van der Waals surface area (Å²) in [5.74, 6) is 2.02. The second kappa shape index (κ2) is 4.86. The van der Waals surface area contributed by atoms with E-state index in [0.29, 0.717) is 6.04 Å². The van der Waals surface area contributed by atoms with Crippen LogP contribution in [0.15, 0.2) is 4.99 Å². The monoisotopic (exact) mass is 209 g/mol. The van der Waals surface area contributed by atoms with Crippen LogP contribution in [0.2, 0.25) is 0 Å². The maximum absolute atomic E-state index is 4.39. The largest absolute Gasteiger partial charge is 0.354 e. The minimum atomic E-state index is 0.697. The van der Waals surface area contributed by atoms with E-state index in [9.17, 15) is 0 Å². The first-order chi connectivity index (χ1) is 7.29. The Kier molecular flexibility index (Phi) is 3.49. The third-order valence-electron chi connectivity index (χ3n) is 3.73. The molecule has 0 spiro atoms. The van der Waals surface area contributed by atoms with Crippen LogP contribution < -0.4 is 5.32 Å². The molecule has 2 aliphatic rings. The highest BCUT2D eigenvalue weighted by Gasteiger charge is 2.23. The van der Waals surface area contributed by atoms with Crippen LogP contribution in [0.3, 0.4) is 0 Å². The highest BCUT2D eigenvalue weighted by molar-refractivity contribution is 5.80. The Hall–Kier alpha value is -0.730. The molecule has 1 N–H and O–H groups in total. The molecule has 0 amide bonds. The standard InChI is InChI=1S/C12H23N3/c1-10-6-8-15(9-7-10)12(13-2)14-11-4-3-5-11/h10-11H,3-9H2,1-2H3,(H,13,14). The summed E-state index contributed by atoms with van der Waals surface area (Å²) in [5, 5.41) is 3.56. The van der Waals surface area contributed by atoms with Crippen molar-refractivity contribution in [3.63, 3.8) is 0 Å². The van der Waals surface area contributed by atoms with E-state index in [1.54, 1.807) is 0 Å². The van der Waals surface area contributed by atoms with Gasteiger partial charge in [0, 0.05) is 26.2 Å². The van der Waals surface area contributed by atoms with Crippen molar-refractivity contribution in [2.45, 2.75) is 45.1 Å². The van der Waals surface area contributed by atoms with Gasteiger partial charge in [-0.3, -0.25) is 4.99 Å². The summed E-state index contributed by atoms with van der Waals surface area (Å²) in [6.07, 6.45) is 6.65. The summed E-state index contributed by atoms with van der Waals surface area (Å²) >= 11 is 0. The van der Waals surface area contributed by atoms with Gasteiger partial charge < -0.3 is 10.2 Å². The van der Waals surface area contributed by atoms with Crippen molar-refractivity contribution in [1.82, 2.24) is 10.2 Å². The molecule has 1 saturated carbocycles. The molecule has 1 heterocycles. The van der Waals surface area contributed by atoms with Gasteiger partial charge in [-0.05, 0) is 38.0 Å². The molecule has 0 unspecified atom stereocenters. The fourth-order valence-electron chi connectivity index (χ4n) is 2.25. The molecule has 0 aromatic heterocycles. The van der Waals surface area contributed by atoms with Crippen LogP contribution in [0.1, 0.15) is 39.0 Å². The van der Waals surface area contributed by atoms with Crippen LogP contribution in [0.4, 0.5) is 0 Å². The predicted octanol–water partition coefficient (Wildman–Crippen LogP) is 1.85. The highest BCUT2D eigenvalue weighted by atomic mass is 15.3. The summed E-state index contributed by atoms with van der Waals surface area (Å²) in [5.41, 5.74) is 0. The van der Waals surface area contributed by atoms with Crippen molar-refractivity contribution in [3.05, 3.63) is 0 Å². The fraction of sp³-hybridized carbons (Fsp3) is 0.917. The maximum atomic E-state index is 4.39. The van der Waals surface area contributed by atoms with E-state index in [1.807, 2.05) is 7.05 Å². The quantitative estimate of drug-likeness (QED) is 0.527. The van der Waals surface area contributed by atoms with Gasteiger partial charge in [0.25, 0.3) is 0 Å². The first-order valence-corrected chi connectivity index (χ1v) is 6.28. The average Bonchev–Trinajstić information content (AvgIpc) is 2.19. The van der Waals surface area contributed by atoms with Crippen LogP contribution in [-0.4, -0.2) is 37.0 Å². The third-order valence-corrected chi connectivity index (χ3v) is 3.73. The topological polar surface area (TPSA) is 27.6 Å². The first-order valence-electron chi connectivity index (χ1n) is 6.28. The zero-order valence-corrected chi connectivity index (χ0v) is 10.00. The number of guanidine groups is 1. The van der Waals surface area contributed by atoms with Gasteiger partial charge in [0.2, 0.25) is 0 Å². The molecule has 2 fully saturated rings. The van der Waals surface area contributed by atoms with Crippen molar-refractivity contribution < 1.29 is 0 Å². The lowest BCUT2D eigenvalue weighted by atomic mass is 9.93. The van der Waals surface area contributed by atoms with Gasteiger partial charge in [-0.1, -0.05) is 6.92 Å². The summed E-state index contributed by atoms with van der Waals surface area (Å²) in [7, 11) is 1.90. The van der Waals surface area contributed by atoms with Crippen LogP contribution in [0.25, 0.3) is 0 Å². The number of likely N-dealkylation sites (tertiary alicyclic amines) is 1. The molecule has 0 radical (unpaired) electrons. The van der Waals surface area contributed by atoms with Gasteiger partial charge in [-0.2, -0.15) is 0 Å². The van der Waals surface area contributed by atoms with E-state index in [0.717, 1.165) is 11.9 Å². The molecule has 1 aliphatic heterocycles. The number of rotatable bonds is 1. The number of nitrogens with zero attached hydrogens (tertiary/aromatic N) is 2. The number of hydrogen-bond acceptors (Lipinski definition) is 1. The second-order valence-corrected chi connectivity index (χ2v) is 4.99. The van der Waals surface area contributed by atoms with E-state index >= 15 is 0 Å². The zero-order valence-electron chi connectivity index (χ0n) is 10.00. The summed E-state index contributed by atoms with van der Waals surface area (Å²) in [4.78, 5) is 6.81. The van der Waals surface area contributed by atoms with Crippen molar-refractivity contribution in [2.24, 2.45) is 10.9 Å². The number of piperidine rings is 1. The minimum absolute atomic E-state index is 0.697. The molecule has 1 saturated heterocycles. The lowest BCUT2D eigenvalue weighted by Gasteiger charge is -2.36. The van der Waals surface area contributed by atoms with Crippen molar-refractivity contribution >= 4 is 5.96 Å². The van der Waals surface area contributed by atoms with Crippen LogP contribution >= 0.6 is 0 Å². The number of nitrogens with one attached hydrogen (secondary N) is 1. The molecule has 15 heavy (non-hydrogen) atoms. The van der Waals surface area contributed by atoms with Crippen molar-refractivity contribution in [3.8, 4) is 0 Å². The lowest BCUT2D eigenvalue weighted by Crippen LogP contribution is -2.50. The highest BCUT2D eigenvalue weighted by Crippen LogP contribution is 2.20. The summed E-state index contributed by atoms with van der Waals surface area (Å²) in [6, 6.07) is 0.697. The molecule has 0 aromatic carbocycles. The molecule has 0 bridgehead atoms. The molecular formula is C12H23N3. The maximum Gasteiger partial charge on any atom is 0.193 e. The summed E-state index contributed by atoms with van der Waals surface area (Å²) < 4.78 is 0. The van der Waals surface area contributed by atoms with E-state index in [-0.39, 0.29) is 0 Å². The smallest absolute Gasteiger partial charge is 0.193 e. The fourth-order valence-corrected chi connectivity index (χ4v) is 2.25. The zero-order chi connectivity index (χ0) is 10.7. The molecule has 0 atom stereocenters. The Balaban J connectivity index is 1.83. The SMILES string of the molecule is CN=C(NC1CCC1)N1CCC(C)CC1. The Labute approximate surface area is 92.9 Å². The third kappa shape index (κ3) is 2.64. The number of aliphatic imine (C=N–C) groups is 1. The Morgan fingerprint density at radius 2 is 1.87 bits per heavy atom. The number of hydrogen-bond donors (Lipinski definition) is 1. The molecule has 2 rings (SSSR count). The summed E-state index contributed by atoms with van der Waals surface area (Å²) in [6.45, 7) is 4.70.